The molecule has 172 valence electrons. The number of aromatic amines is 1. The molecule has 1 unspecified atom stereocenters. The van der Waals surface area contributed by atoms with Crippen LogP contribution in [0.1, 0.15) is 65.0 Å². The Morgan fingerprint density at radius 1 is 1.21 bits per heavy atom. The number of nitrogens with zero attached hydrogens (tertiary/aromatic N) is 2. The van der Waals surface area contributed by atoms with Gasteiger partial charge in [0.05, 0.1) is 6.04 Å². The van der Waals surface area contributed by atoms with E-state index in [9.17, 15) is 9.90 Å². The third kappa shape index (κ3) is 4.25. The van der Waals surface area contributed by atoms with Crippen molar-refractivity contribution in [3.05, 3.63) is 77.0 Å². The van der Waals surface area contributed by atoms with Gasteiger partial charge in [0.25, 0.3) is 5.91 Å². The number of carbonyl (C=O) groups excluding carboxylic acids is 1. The molecule has 0 fully saturated rings. The van der Waals surface area contributed by atoms with Crippen LogP contribution < -0.4 is 4.74 Å². The number of aryl methyl sites for hydroxylation is 2. The zero-order valence-corrected chi connectivity index (χ0v) is 19.5. The second kappa shape index (κ2) is 9.53. The van der Waals surface area contributed by atoms with Crippen molar-refractivity contribution < 1.29 is 14.6 Å². The molecule has 3 aromatic rings. The third-order valence-corrected chi connectivity index (χ3v) is 6.13. The fraction of sp³-hybridized carbons (Fsp3) is 0.333. The van der Waals surface area contributed by atoms with E-state index in [1.165, 1.54) is 0 Å². The van der Waals surface area contributed by atoms with Crippen LogP contribution in [0.25, 0.3) is 11.3 Å². The van der Waals surface area contributed by atoms with Crippen LogP contribution >= 0.6 is 0 Å². The maximum Gasteiger partial charge on any atom is 0.273 e. The van der Waals surface area contributed by atoms with E-state index in [4.69, 9.17) is 4.74 Å². The molecule has 1 aliphatic heterocycles. The van der Waals surface area contributed by atoms with Crippen molar-refractivity contribution in [3.63, 3.8) is 0 Å². The number of carbonyl (C=O) groups is 1. The fourth-order valence-electron chi connectivity index (χ4n) is 4.55. The standard InChI is InChI=1S/C27H31N3O3/c1-5-7-8-13-30-25(19-9-11-20(12-10-19)33-14-6-2)22-23(28-29-24(22)27(30)32)21-16-17(3)15-18(4)26(21)31/h6,9-12,15-16,25,31H,2,5,7-8,13-14H2,1,3-4H3,(H,28,29). The molecule has 2 heterocycles. The summed E-state index contributed by atoms with van der Waals surface area (Å²) in [6, 6.07) is 11.4. The van der Waals surface area contributed by atoms with Gasteiger partial charge in [-0.1, -0.05) is 50.6 Å². The highest BCUT2D eigenvalue weighted by Gasteiger charge is 2.42. The van der Waals surface area contributed by atoms with Gasteiger partial charge in [-0.3, -0.25) is 9.89 Å². The van der Waals surface area contributed by atoms with E-state index in [1.54, 1.807) is 6.08 Å². The van der Waals surface area contributed by atoms with E-state index >= 15 is 0 Å². The highest BCUT2D eigenvalue weighted by Crippen LogP contribution is 2.45. The number of aromatic hydroxyl groups is 1. The molecule has 33 heavy (non-hydrogen) atoms. The number of fused-ring (bicyclic) bond motifs is 1. The molecule has 1 amide bonds. The van der Waals surface area contributed by atoms with E-state index in [-0.39, 0.29) is 17.7 Å². The molecule has 0 saturated heterocycles. The molecular formula is C27H31N3O3. The van der Waals surface area contributed by atoms with Crippen molar-refractivity contribution in [1.29, 1.82) is 0 Å². The van der Waals surface area contributed by atoms with Crippen LogP contribution in [0.4, 0.5) is 0 Å². The number of H-pyrrole nitrogens is 1. The molecule has 2 aromatic carbocycles. The average Bonchev–Trinajstić information content (AvgIpc) is 3.34. The average molecular weight is 446 g/mol. The minimum atomic E-state index is -0.285. The summed E-state index contributed by atoms with van der Waals surface area (Å²) < 4.78 is 5.64. The van der Waals surface area contributed by atoms with Crippen LogP contribution in [0.5, 0.6) is 11.5 Å². The number of rotatable bonds is 9. The minimum Gasteiger partial charge on any atom is -0.507 e. The number of amides is 1. The second-order valence-electron chi connectivity index (χ2n) is 8.62. The lowest BCUT2D eigenvalue weighted by molar-refractivity contribution is 0.0740. The molecule has 0 aliphatic carbocycles. The normalized spacial score (nSPS) is 15.1. The van der Waals surface area contributed by atoms with E-state index in [2.05, 4.69) is 23.7 Å². The lowest BCUT2D eigenvalue weighted by atomic mass is 9.94. The molecule has 4 rings (SSSR count). The zero-order valence-electron chi connectivity index (χ0n) is 19.5. The Morgan fingerprint density at radius 2 is 1.97 bits per heavy atom. The van der Waals surface area contributed by atoms with Crippen LogP contribution in [0.15, 0.2) is 49.1 Å². The van der Waals surface area contributed by atoms with Crippen molar-refractivity contribution in [2.45, 2.75) is 46.1 Å². The smallest absolute Gasteiger partial charge is 0.273 e. The van der Waals surface area contributed by atoms with Crippen molar-refractivity contribution in [3.8, 4) is 22.8 Å². The predicted octanol–water partition coefficient (Wildman–Crippen LogP) is 5.70. The number of benzene rings is 2. The molecule has 0 radical (unpaired) electrons. The van der Waals surface area contributed by atoms with E-state index in [0.29, 0.717) is 30.1 Å². The van der Waals surface area contributed by atoms with E-state index in [0.717, 1.165) is 47.3 Å². The maximum absolute atomic E-state index is 13.4. The SMILES string of the molecule is C=CCOc1ccc(C2c3c(-c4cc(C)cc(C)c4O)n[nH]c3C(=O)N2CCCCC)cc1. The molecule has 0 saturated carbocycles. The minimum absolute atomic E-state index is 0.0549. The topological polar surface area (TPSA) is 78.5 Å². The lowest BCUT2D eigenvalue weighted by Gasteiger charge is -2.26. The quantitative estimate of drug-likeness (QED) is 0.327. The van der Waals surface area contributed by atoms with Crippen LogP contribution in [0, 0.1) is 13.8 Å². The van der Waals surface area contributed by atoms with Crippen LogP contribution in [-0.2, 0) is 0 Å². The monoisotopic (exact) mass is 445 g/mol. The van der Waals surface area contributed by atoms with Crippen molar-refractivity contribution in [2.75, 3.05) is 13.2 Å². The van der Waals surface area contributed by atoms with Crippen LogP contribution in [0.3, 0.4) is 0 Å². The first-order chi connectivity index (χ1) is 16.0. The number of phenols is 1. The number of ether oxygens (including phenoxy) is 1. The summed E-state index contributed by atoms with van der Waals surface area (Å²) in [6.45, 7) is 10.8. The third-order valence-electron chi connectivity index (χ3n) is 6.13. The Balaban J connectivity index is 1.81. The number of unbranched alkanes of at least 4 members (excludes halogenated alkanes) is 2. The van der Waals surface area contributed by atoms with Crippen molar-refractivity contribution in [1.82, 2.24) is 15.1 Å². The summed E-state index contributed by atoms with van der Waals surface area (Å²) in [4.78, 5) is 15.3. The molecule has 1 aliphatic rings. The van der Waals surface area contributed by atoms with Gasteiger partial charge in [-0.15, -0.1) is 0 Å². The summed E-state index contributed by atoms with van der Waals surface area (Å²) in [6.07, 6.45) is 4.78. The summed E-state index contributed by atoms with van der Waals surface area (Å²) in [5.41, 5.74) is 5.37. The van der Waals surface area contributed by atoms with Crippen LogP contribution in [-0.4, -0.2) is 39.3 Å². The summed E-state index contributed by atoms with van der Waals surface area (Å²) in [5.74, 6) is 0.888. The van der Waals surface area contributed by atoms with Crippen LogP contribution in [0.2, 0.25) is 0 Å². The van der Waals surface area contributed by atoms with E-state index < -0.39 is 0 Å². The molecule has 1 atom stereocenters. The van der Waals surface area contributed by atoms with Gasteiger partial charge in [0.15, 0.2) is 0 Å². The summed E-state index contributed by atoms with van der Waals surface area (Å²) in [5, 5.41) is 18.3. The van der Waals surface area contributed by atoms with Gasteiger partial charge in [-0.05, 0) is 55.2 Å². The Bertz CT molecular complexity index is 1160. The number of hydrogen-bond acceptors (Lipinski definition) is 4. The van der Waals surface area contributed by atoms with Gasteiger partial charge in [-0.2, -0.15) is 5.10 Å². The van der Waals surface area contributed by atoms with Crippen molar-refractivity contribution >= 4 is 5.91 Å². The highest BCUT2D eigenvalue weighted by atomic mass is 16.5. The molecular weight excluding hydrogens is 414 g/mol. The molecule has 1 aromatic heterocycles. The Hall–Kier alpha value is -3.54. The van der Waals surface area contributed by atoms with Gasteiger partial charge in [0, 0.05) is 17.7 Å². The Morgan fingerprint density at radius 3 is 2.67 bits per heavy atom. The molecule has 6 nitrogen and oxygen atoms in total. The van der Waals surface area contributed by atoms with Gasteiger partial charge < -0.3 is 14.7 Å². The van der Waals surface area contributed by atoms with Crippen molar-refractivity contribution in [2.24, 2.45) is 0 Å². The number of aromatic nitrogens is 2. The first kappa shape index (κ1) is 22.6. The lowest BCUT2D eigenvalue weighted by Crippen LogP contribution is -2.30. The largest absolute Gasteiger partial charge is 0.507 e. The highest BCUT2D eigenvalue weighted by molar-refractivity contribution is 6.00. The van der Waals surface area contributed by atoms with E-state index in [1.807, 2.05) is 55.1 Å². The zero-order chi connectivity index (χ0) is 23.5. The fourth-order valence-corrected chi connectivity index (χ4v) is 4.55. The van der Waals surface area contributed by atoms with Gasteiger partial charge in [0.2, 0.25) is 0 Å². The molecule has 0 bridgehead atoms. The first-order valence-electron chi connectivity index (χ1n) is 11.5. The van der Waals surface area contributed by atoms with Gasteiger partial charge in [0.1, 0.15) is 29.5 Å². The second-order valence-corrected chi connectivity index (χ2v) is 8.62. The summed E-state index contributed by atoms with van der Waals surface area (Å²) >= 11 is 0. The number of hydrogen-bond donors (Lipinski definition) is 2. The molecule has 0 spiro atoms. The molecule has 2 N–H and O–H groups in total. The van der Waals surface area contributed by atoms with Gasteiger partial charge in [-0.25, -0.2) is 0 Å². The molecule has 6 heteroatoms. The maximum atomic E-state index is 13.4. The summed E-state index contributed by atoms with van der Waals surface area (Å²) in [7, 11) is 0. The Kier molecular flexibility index (Phi) is 6.54. The number of phenolic OH excluding ortho intramolecular Hbond substituents is 1. The number of nitrogens with one attached hydrogen (secondary N) is 1. The first-order valence-corrected chi connectivity index (χ1v) is 11.5. The Labute approximate surface area is 194 Å². The van der Waals surface area contributed by atoms with Gasteiger partial charge >= 0.3 is 0 Å². The predicted molar refractivity (Wildman–Crippen MR) is 130 cm³/mol.